The molecule has 4 nitrogen and oxygen atoms in total. The van der Waals surface area contributed by atoms with Crippen LogP contribution in [0.15, 0.2) is 28.9 Å². The summed E-state index contributed by atoms with van der Waals surface area (Å²) in [5.41, 5.74) is 7.62. The van der Waals surface area contributed by atoms with Gasteiger partial charge in [-0.1, -0.05) is 27.5 Å². The van der Waals surface area contributed by atoms with Gasteiger partial charge in [0.25, 0.3) is 0 Å². The lowest BCUT2D eigenvalue weighted by molar-refractivity contribution is 0.859. The third kappa shape index (κ3) is 2.35. The number of benzene rings is 1. The van der Waals surface area contributed by atoms with Gasteiger partial charge in [-0.3, -0.25) is 5.41 Å². The van der Waals surface area contributed by atoms with E-state index in [1.54, 1.807) is 16.9 Å². The summed E-state index contributed by atoms with van der Waals surface area (Å²) < 4.78 is 2.51. The monoisotopic (exact) mass is 312 g/mol. The summed E-state index contributed by atoms with van der Waals surface area (Å²) in [6.07, 6.45) is 1.70. The summed E-state index contributed by atoms with van der Waals surface area (Å²) in [7, 11) is 0. The maximum atomic E-state index is 7.54. The maximum Gasteiger partial charge on any atom is 0.124 e. The van der Waals surface area contributed by atoms with E-state index in [2.05, 4.69) is 21.0 Å². The molecule has 0 amide bonds. The average Bonchev–Trinajstić information content (AvgIpc) is 2.58. The Morgan fingerprint density at radius 2 is 2.24 bits per heavy atom. The number of rotatable bonds is 2. The molecule has 17 heavy (non-hydrogen) atoms. The van der Waals surface area contributed by atoms with Crippen molar-refractivity contribution < 1.29 is 0 Å². The number of aromatic nitrogens is 2. The van der Waals surface area contributed by atoms with Gasteiger partial charge >= 0.3 is 0 Å². The fourth-order valence-corrected chi connectivity index (χ4v) is 1.96. The number of amidine groups is 1. The second-order valence-corrected chi connectivity index (χ2v) is 4.91. The quantitative estimate of drug-likeness (QED) is 0.661. The van der Waals surface area contributed by atoms with Gasteiger partial charge in [-0.05, 0) is 25.1 Å². The molecule has 1 aromatic carbocycles. The molecule has 0 bridgehead atoms. The van der Waals surface area contributed by atoms with Crippen LogP contribution in [0.2, 0.25) is 5.02 Å². The van der Waals surface area contributed by atoms with E-state index < -0.39 is 0 Å². The summed E-state index contributed by atoms with van der Waals surface area (Å²) >= 11 is 9.35. The standard InChI is InChI=1S/C11H10BrClN4/c1-6-9(13)5-17(16-6)10-4-7(12)2-3-8(10)11(14)15/h2-5H,1H3,(H3,14,15). The third-order valence-corrected chi connectivity index (χ3v) is 3.20. The van der Waals surface area contributed by atoms with E-state index in [9.17, 15) is 0 Å². The highest BCUT2D eigenvalue weighted by Gasteiger charge is 2.11. The Morgan fingerprint density at radius 1 is 1.53 bits per heavy atom. The molecule has 88 valence electrons. The first-order chi connectivity index (χ1) is 7.99. The molecule has 0 saturated heterocycles. The highest BCUT2D eigenvalue weighted by molar-refractivity contribution is 9.10. The maximum absolute atomic E-state index is 7.54. The van der Waals surface area contributed by atoms with Crippen molar-refractivity contribution in [1.82, 2.24) is 9.78 Å². The smallest absolute Gasteiger partial charge is 0.124 e. The molecule has 0 radical (unpaired) electrons. The lowest BCUT2D eigenvalue weighted by Crippen LogP contribution is -2.15. The second kappa shape index (κ2) is 4.50. The molecule has 0 atom stereocenters. The first kappa shape index (κ1) is 12.1. The van der Waals surface area contributed by atoms with Crippen molar-refractivity contribution in [2.75, 3.05) is 0 Å². The molecule has 0 fully saturated rings. The van der Waals surface area contributed by atoms with E-state index in [-0.39, 0.29) is 5.84 Å². The Hall–Kier alpha value is -1.33. The Kier molecular flexibility index (Phi) is 3.22. The summed E-state index contributed by atoms with van der Waals surface area (Å²) in [6.45, 7) is 1.82. The van der Waals surface area contributed by atoms with E-state index >= 15 is 0 Å². The van der Waals surface area contributed by atoms with Gasteiger partial charge in [0.05, 0.1) is 16.4 Å². The fourth-order valence-electron chi connectivity index (χ4n) is 1.48. The van der Waals surface area contributed by atoms with E-state index in [4.69, 9.17) is 22.7 Å². The van der Waals surface area contributed by atoms with Gasteiger partial charge < -0.3 is 5.73 Å². The van der Waals surface area contributed by atoms with Crippen molar-refractivity contribution in [3.05, 3.63) is 45.1 Å². The Morgan fingerprint density at radius 3 is 2.76 bits per heavy atom. The van der Waals surface area contributed by atoms with Crippen LogP contribution in [-0.4, -0.2) is 15.6 Å². The molecule has 0 spiro atoms. The fraction of sp³-hybridized carbons (Fsp3) is 0.0909. The normalized spacial score (nSPS) is 10.5. The predicted molar refractivity (Wildman–Crippen MR) is 72.0 cm³/mol. The number of nitrogens with two attached hydrogens (primary N) is 1. The lowest BCUT2D eigenvalue weighted by Gasteiger charge is -2.08. The number of halogens is 2. The van der Waals surface area contributed by atoms with Crippen molar-refractivity contribution in [3.63, 3.8) is 0 Å². The van der Waals surface area contributed by atoms with Crippen molar-refractivity contribution in [2.24, 2.45) is 5.73 Å². The van der Waals surface area contributed by atoms with Gasteiger partial charge in [-0.2, -0.15) is 5.10 Å². The van der Waals surface area contributed by atoms with Crippen LogP contribution in [0.3, 0.4) is 0 Å². The highest BCUT2D eigenvalue weighted by Crippen LogP contribution is 2.22. The lowest BCUT2D eigenvalue weighted by atomic mass is 10.1. The molecule has 6 heteroatoms. The zero-order chi connectivity index (χ0) is 12.6. The largest absolute Gasteiger partial charge is 0.384 e. The topological polar surface area (TPSA) is 67.7 Å². The Bertz CT molecular complexity index is 572. The molecular weight excluding hydrogens is 304 g/mol. The van der Waals surface area contributed by atoms with Crippen molar-refractivity contribution in [2.45, 2.75) is 6.92 Å². The van der Waals surface area contributed by atoms with Crippen LogP contribution in [0.1, 0.15) is 11.3 Å². The zero-order valence-corrected chi connectivity index (χ0v) is 11.4. The molecule has 0 saturated carbocycles. The van der Waals surface area contributed by atoms with E-state index in [0.29, 0.717) is 10.6 Å². The molecule has 0 aliphatic rings. The minimum absolute atomic E-state index is 0.00299. The summed E-state index contributed by atoms with van der Waals surface area (Å²) in [6, 6.07) is 5.45. The van der Waals surface area contributed by atoms with Crippen molar-refractivity contribution >= 4 is 33.4 Å². The van der Waals surface area contributed by atoms with Crippen LogP contribution < -0.4 is 5.73 Å². The minimum atomic E-state index is -0.00299. The van der Waals surface area contributed by atoms with Gasteiger partial charge in [0, 0.05) is 16.2 Å². The first-order valence-electron chi connectivity index (χ1n) is 4.85. The van der Waals surface area contributed by atoms with Gasteiger partial charge in [0.2, 0.25) is 0 Å². The molecular formula is C11H10BrClN4. The van der Waals surface area contributed by atoms with Crippen molar-refractivity contribution in [1.29, 1.82) is 5.41 Å². The van der Waals surface area contributed by atoms with Crippen molar-refractivity contribution in [3.8, 4) is 5.69 Å². The van der Waals surface area contributed by atoms with Crippen LogP contribution in [0.4, 0.5) is 0 Å². The third-order valence-electron chi connectivity index (χ3n) is 2.34. The van der Waals surface area contributed by atoms with Gasteiger partial charge in [0.15, 0.2) is 0 Å². The average molecular weight is 314 g/mol. The second-order valence-electron chi connectivity index (χ2n) is 3.58. The van der Waals surface area contributed by atoms with Gasteiger partial charge in [-0.15, -0.1) is 0 Å². The Labute approximate surface area is 112 Å². The van der Waals surface area contributed by atoms with Gasteiger partial charge in [-0.25, -0.2) is 4.68 Å². The van der Waals surface area contributed by atoms with Crippen LogP contribution in [0.5, 0.6) is 0 Å². The minimum Gasteiger partial charge on any atom is -0.384 e. The molecule has 3 N–H and O–H groups in total. The molecule has 0 aliphatic carbocycles. The summed E-state index contributed by atoms with van der Waals surface area (Å²) in [5.74, 6) is -0.00299. The van der Waals surface area contributed by atoms with Crippen LogP contribution in [0, 0.1) is 12.3 Å². The molecule has 1 aromatic heterocycles. The SMILES string of the molecule is Cc1nn(-c2cc(Br)ccc2C(=N)N)cc1Cl. The Balaban J connectivity index is 2.64. The predicted octanol–water partition coefficient (Wildman–Crippen LogP) is 2.88. The summed E-state index contributed by atoms with van der Waals surface area (Å²) in [5, 5.41) is 12.4. The number of nitrogens with one attached hydrogen (secondary N) is 1. The number of aryl methyl sites for hydroxylation is 1. The number of nitrogen functional groups attached to an aromatic ring is 1. The van der Waals surface area contributed by atoms with E-state index in [1.807, 2.05) is 19.1 Å². The van der Waals surface area contributed by atoms with Crippen LogP contribution >= 0.6 is 27.5 Å². The van der Waals surface area contributed by atoms with Gasteiger partial charge in [0.1, 0.15) is 5.84 Å². The number of hydrogen-bond donors (Lipinski definition) is 2. The number of hydrogen-bond acceptors (Lipinski definition) is 2. The van der Waals surface area contributed by atoms with E-state index in [0.717, 1.165) is 15.9 Å². The molecule has 0 unspecified atom stereocenters. The molecule has 2 rings (SSSR count). The zero-order valence-electron chi connectivity index (χ0n) is 9.04. The summed E-state index contributed by atoms with van der Waals surface area (Å²) in [4.78, 5) is 0. The van der Waals surface area contributed by atoms with E-state index in [1.165, 1.54) is 0 Å². The van der Waals surface area contributed by atoms with Crippen LogP contribution in [-0.2, 0) is 0 Å². The molecule has 1 heterocycles. The molecule has 0 aliphatic heterocycles. The van der Waals surface area contributed by atoms with Crippen LogP contribution in [0.25, 0.3) is 5.69 Å². The molecule has 2 aromatic rings. The highest BCUT2D eigenvalue weighted by atomic mass is 79.9. The first-order valence-corrected chi connectivity index (χ1v) is 6.02. The number of nitrogens with zero attached hydrogens (tertiary/aromatic N) is 2.